The molecule has 0 spiro atoms. The van der Waals surface area contributed by atoms with Crippen molar-refractivity contribution >= 4 is 40.0 Å². The van der Waals surface area contributed by atoms with Crippen molar-refractivity contribution in [3.05, 3.63) is 41.0 Å². The predicted molar refractivity (Wildman–Crippen MR) is 77.9 cm³/mol. The maximum absolute atomic E-state index is 12.0. The van der Waals surface area contributed by atoms with Crippen LogP contribution in [-0.4, -0.2) is 29.1 Å². The van der Waals surface area contributed by atoms with E-state index in [0.29, 0.717) is 10.7 Å². The molecular weight excluding hydrogens is 276 g/mol. The van der Waals surface area contributed by atoms with Crippen LogP contribution in [0, 0.1) is 0 Å². The van der Waals surface area contributed by atoms with E-state index in [4.69, 9.17) is 10.2 Å². The highest BCUT2D eigenvalue weighted by Crippen LogP contribution is 2.32. The lowest BCUT2D eigenvalue weighted by atomic mass is 10.2. The van der Waals surface area contributed by atoms with Crippen molar-refractivity contribution in [1.82, 2.24) is 4.90 Å². The molecule has 0 saturated carbocycles. The van der Waals surface area contributed by atoms with Crippen molar-refractivity contribution in [3.63, 3.8) is 0 Å². The van der Waals surface area contributed by atoms with Gasteiger partial charge in [0.15, 0.2) is 0 Å². The third-order valence-electron chi connectivity index (χ3n) is 2.94. The Morgan fingerprint density at radius 2 is 2.10 bits per heavy atom. The first-order valence-electron chi connectivity index (χ1n) is 6.13. The average molecular weight is 288 g/mol. The van der Waals surface area contributed by atoms with Crippen LogP contribution in [0.25, 0.3) is 17.0 Å². The molecule has 5 nitrogen and oxygen atoms in total. The molecule has 2 heterocycles. The normalized spacial score (nSPS) is 17.6. The van der Waals surface area contributed by atoms with Gasteiger partial charge in [-0.05, 0) is 23.9 Å². The summed E-state index contributed by atoms with van der Waals surface area (Å²) in [5.41, 5.74) is 6.14. The maximum atomic E-state index is 12.0. The Kier molecular flexibility index (Phi) is 3.33. The number of carbonyl (C=O) groups is 2. The number of fused-ring (bicyclic) bond motifs is 1. The highest BCUT2D eigenvalue weighted by molar-refractivity contribution is 8.18. The van der Waals surface area contributed by atoms with Gasteiger partial charge in [0, 0.05) is 24.6 Å². The lowest BCUT2D eigenvalue weighted by Gasteiger charge is -2.09. The van der Waals surface area contributed by atoms with Gasteiger partial charge in [0.1, 0.15) is 11.3 Å². The Balaban J connectivity index is 1.92. The Morgan fingerprint density at radius 1 is 1.30 bits per heavy atom. The van der Waals surface area contributed by atoms with E-state index in [9.17, 15) is 9.59 Å². The third-order valence-corrected chi connectivity index (χ3v) is 3.85. The van der Waals surface area contributed by atoms with Gasteiger partial charge in [0.25, 0.3) is 11.1 Å². The van der Waals surface area contributed by atoms with Crippen molar-refractivity contribution in [2.75, 3.05) is 13.1 Å². The molecule has 0 bridgehead atoms. The predicted octanol–water partition coefficient (Wildman–Crippen LogP) is 2.43. The standard InChI is InChI=1S/C14H12N2O3S/c15-5-6-16-13(17)12(20-14(16)18)8-10-7-9-3-1-2-4-11(9)19-10/h1-4,7-8H,5-6,15H2. The van der Waals surface area contributed by atoms with E-state index in [0.717, 1.165) is 27.6 Å². The van der Waals surface area contributed by atoms with E-state index in [1.807, 2.05) is 30.3 Å². The van der Waals surface area contributed by atoms with E-state index >= 15 is 0 Å². The average Bonchev–Trinajstić information content (AvgIpc) is 2.95. The summed E-state index contributed by atoms with van der Waals surface area (Å²) in [6.07, 6.45) is 1.60. The second kappa shape index (κ2) is 5.15. The Hall–Kier alpha value is -2.05. The molecule has 0 unspecified atom stereocenters. The minimum Gasteiger partial charge on any atom is -0.457 e. The van der Waals surface area contributed by atoms with Crippen molar-refractivity contribution in [2.45, 2.75) is 0 Å². The first kappa shape index (κ1) is 13.0. The Morgan fingerprint density at radius 3 is 2.85 bits per heavy atom. The molecule has 0 aliphatic carbocycles. The number of hydrogen-bond donors (Lipinski definition) is 1. The van der Waals surface area contributed by atoms with E-state index in [1.54, 1.807) is 6.08 Å². The molecule has 2 amide bonds. The van der Waals surface area contributed by atoms with E-state index in [-0.39, 0.29) is 24.2 Å². The molecule has 1 aromatic carbocycles. The number of nitrogens with two attached hydrogens (primary N) is 1. The van der Waals surface area contributed by atoms with Crippen LogP contribution in [0.4, 0.5) is 4.79 Å². The number of para-hydroxylation sites is 1. The second-order valence-electron chi connectivity index (χ2n) is 4.31. The number of hydrogen-bond acceptors (Lipinski definition) is 5. The van der Waals surface area contributed by atoms with Gasteiger partial charge in [-0.1, -0.05) is 18.2 Å². The number of carbonyl (C=O) groups excluding carboxylic acids is 2. The molecule has 1 aliphatic rings. The third kappa shape index (κ3) is 2.23. The summed E-state index contributed by atoms with van der Waals surface area (Å²) in [5, 5.41) is 0.669. The number of furan rings is 1. The molecule has 1 fully saturated rings. The molecule has 3 rings (SSSR count). The van der Waals surface area contributed by atoms with Gasteiger partial charge in [-0.2, -0.15) is 0 Å². The molecule has 2 N–H and O–H groups in total. The van der Waals surface area contributed by atoms with Crippen molar-refractivity contribution in [3.8, 4) is 0 Å². The largest absolute Gasteiger partial charge is 0.457 e. The number of rotatable bonds is 3. The molecule has 1 aromatic heterocycles. The van der Waals surface area contributed by atoms with Gasteiger partial charge >= 0.3 is 0 Å². The summed E-state index contributed by atoms with van der Waals surface area (Å²) in [6, 6.07) is 9.41. The van der Waals surface area contributed by atoms with Crippen LogP contribution in [0.3, 0.4) is 0 Å². The molecule has 6 heteroatoms. The quantitative estimate of drug-likeness (QED) is 0.878. The number of benzene rings is 1. The molecule has 102 valence electrons. The second-order valence-corrected chi connectivity index (χ2v) is 5.30. The summed E-state index contributed by atoms with van der Waals surface area (Å²) >= 11 is 0.909. The number of amides is 2. The molecule has 0 radical (unpaired) electrons. The van der Waals surface area contributed by atoms with Gasteiger partial charge in [-0.3, -0.25) is 14.5 Å². The van der Waals surface area contributed by atoms with E-state index in [2.05, 4.69) is 0 Å². The van der Waals surface area contributed by atoms with Crippen LogP contribution in [0.1, 0.15) is 5.76 Å². The number of imide groups is 1. The summed E-state index contributed by atoms with van der Waals surface area (Å²) < 4.78 is 5.61. The van der Waals surface area contributed by atoms with Gasteiger partial charge in [0.05, 0.1) is 4.91 Å². The Labute approximate surface area is 119 Å². The van der Waals surface area contributed by atoms with Gasteiger partial charge in [-0.25, -0.2) is 0 Å². The topological polar surface area (TPSA) is 76.5 Å². The van der Waals surface area contributed by atoms with E-state index < -0.39 is 0 Å². The van der Waals surface area contributed by atoms with Crippen LogP contribution >= 0.6 is 11.8 Å². The number of thioether (sulfide) groups is 1. The number of nitrogens with zero attached hydrogens (tertiary/aromatic N) is 1. The van der Waals surface area contributed by atoms with Gasteiger partial charge < -0.3 is 10.2 Å². The van der Waals surface area contributed by atoms with Crippen molar-refractivity contribution in [2.24, 2.45) is 5.73 Å². The summed E-state index contributed by atoms with van der Waals surface area (Å²) in [7, 11) is 0. The maximum Gasteiger partial charge on any atom is 0.293 e. The van der Waals surface area contributed by atoms with Gasteiger partial charge in [-0.15, -0.1) is 0 Å². The highest BCUT2D eigenvalue weighted by Gasteiger charge is 2.34. The SMILES string of the molecule is NCCN1C(=O)SC(=Cc2cc3ccccc3o2)C1=O. The lowest BCUT2D eigenvalue weighted by molar-refractivity contribution is -0.122. The van der Waals surface area contributed by atoms with Crippen LogP contribution in [-0.2, 0) is 4.79 Å². The van der Waals surface area contributed by atoms with Gasteiger partial charge in [0.2, 0.25) is 0 Å². The Bertz CT molecular complexity index is 687. The molecule has 1 aliphatic heterocycles. The zero-order chi connectivity index (χ0) is 14.1. The fourth-order valence-electron chi connectivity index (χ4n) is 2.02. The smallest absolute Gasteiger partial charge is 0.293 e. The highest BCUT2D eigenvalue weighted by atomic mass is 32.2. The fourth-order valence-corrected chi connectivity index (χ4v) is 2.87. The lowest BCUT2D eigenvalue weighted by Crippen LogP contribution is -2.33. The van der Waals surface area contributed by atoms with Crippen LogP contribution in [0.15, 0.2) is 39.7 Å². The van der Waals surface area contributed by atoms with Crippen LogP contribution in [0.2, 0.25) is 0 Å². The minimum atomic E-state index is -0.314. The molecular formula is C14H12N2O3S. The summed E-state index contributed by atoms with van der Waals surface area (Å²) in [4.78, 5) is 25.2. The first-order chi connectivity index (χ1) is 9.69. The fraction of sp³-hybridized carbons (Fsp3) is 0.143. The van der Waals surface area contributed by atoms with Crippen LogP contribution in [0.5, 0.6) is 0 Å². The summed E-state index contributed by atoms with van der Waals surface area (Å²) in [5.74, 6) is 0.246. The zero-order valence-electron chi connectivity index (χ0n) is 10.5. The summed E-state index contributed by atoms with van der Waals surface area (Å²) in [6.45, 7) is 0.498. The monoisotopic (exact) mass is 288 g/mol. The zero-order valence-corrected chi connectivity index (χ0v) is 11.4. The molecule has 2 aromatic rings. The van der Waals surface area contributed by atoms with E-state index in [1.165, 1.54) is 0 Å². The van der Waals surface area contributed by atoms with Crippen molar-refractivity contribution < 1.29 is 14.0 Å². The first-order valence-corrected chi connectivity index (χ1v) is 6.94. The van der Waals surface area contributed by atoms with Crippen molar-refractivity contribution in [1.29, 1.82) is 0 Å². The molecule has 0 atom stereocenters. The van der Waals surface area contributed by atoms with Crippen LogP contribution < -0.4 is 5.73 Å². The molecule has 20 heavy (non-hydrogen) atoms. The molecule has 1 saturated heterocycles. The minimum absolute atomic E-state index is 0.238.